The van der Waals surface area contributed by atoms with Crippen molar-refractivity contribution in [2.45, 2.75) is 25.7 Å². The standard InChI is InChI=1S/C10H17N3O2.2ClH/c1-7(4-11)2-3-8(10(14)15)9-5-12-6-13-9;;/h5-8H,2-4,11H2,1H3,(H,12,13)(H,14,15);2*1H. The summed E-state index contributed by atoms with van der Waals surface area (Å²) in [6.45, 7) is 2.61. The second kappa shape index (κ2) is 9.27. The van der Waals surface area contributed by atoms with Gasteiger partial charge in [-0.3, -0.25) is 4.79 Å². The largest absolute Gasteiger partial charge is 0.481 e. The summed E-state index contributed by atoms with van der Waals surface area (Å²) in [4.78, 5) is 17.8. The lowest BCUT2D eigenvalue weighted by Crippen LogP contribution is -2.16. The molecule has 0 radical (unpaired) electrons. The Morgan fingerprint density at radius 2 is 2.18 bits per heavy atom. The number of hydrogen-bond acceptors (Lipinski definition) is 3. The van der Waals surface area contributed by atoms with Gasteiger partial charge >= 0.3 is 5.97 Å². The third-order valence-electron chi connectivity index (χ3n) is 2.52. The van der Waals surface area contributed by atoms with Gasteiger partial charge in [0.25, 0.3) is 0 Å². The van der Waals surface area contributed by atoms with E-state index in [2.05, 4.69) is 9.97 Å². The number of aromatic nitrogens is 2. The Kier molecular flexibility index (Phi) is 10.1. The van der Waals surface area contributed by atoms with Crippen molar-refractivity contribution in [3.63, 3.8) is 0 Å². The fourth-order valence-corrected chi connectivity index (χ4v) is 1.43. The average molecular weight is 284 g/mol. The van der Waals surface area contributed by atoms with Crippen LogP contribution in [0.15, 0.2) is 12.5 Å². The summed E-state index contributed by atoms with van der Waals surface area (Å²) >= 11 is 0. The van der Waals surface area contributed by atoms with Gasteiger partial charge in [0.2, 0.25) is 0 Å². The fourth-order valence-electron chi connectivity index (χ4n) is 1.43. The number of rotatable bonds is 6. The molecule has 2 atom stereocenters. The van der Waals surface area contributed by atoms with Crippen LogP contribution in [-0.2, 0) is 4.79 Å². The van der Waals surface area contributed by atoms with E-state index in [0.717, 1.165) is 6.42 Å². The van der Waals surface area contributed by atoms with Crippen molar-refractivity contribution in [3.05, 3.63) is 18.2 Å². The van der Waals surface area contributed by atoms with Crippen LogP contribution in [-0.4, -0.2) is 27.6 Å². The van der Waals surface area contributed by atoms with Crippen LogP contribution in [0.4, 0.5) is 0 Å². The Balaban J connectivity index is 0. The summed E-state index contributed by atoms with van der Waals surface area (Å²) in [7, 11) is 0. The second-order valence-electron chi connectivity index (χ2n) is 3.80. The molecule has 0 aliphatic heterocycles. The summed E-state index contributed by atoms with van der Waals surface area (Å²) in [6.07, 6.45) is 4.52. The molecule has 0 aliphatic carbocycles. The maximum atomic E-state index is 11.0. The number of nitrogens with zero attached hydrogens (tertiary/aromatic N) is 1. The first-order valence-corrected chi connectivity index (χ1v) is 5.06. The molecule has 0 amide bonds. The van der Waals surface area contributed by atoms with Crippen LogP contribution < -0.4 is 5.73 Å². The lowest BCUT2D eigenvalue weighted by Gasteiger charge is -2.12. The highest BCUT2D eigenvalue weighted by atomic mass is 35.5. The van der Waals surface area contributed by atoms with Crippen molar-refractivity contribution in [1.82, 2.24) is 9.97 Å². The van der Waals surface area contributed by atoms with Crippen LogP contribution in [0.25, 0.3) is 0 Å². The third kappa shape index (κ3) is 5.91. The van der Waals surface area contributed by atoms with Gasteiger partial charge in [-0.25, -0.2) is 4.98 Å². The van der Waals surface area contributed by atoms with Gasteiger partial charge in [-0.05, 0) is 25.3 Å². The summed E-state index contributed by atoms with van der Waals surface area (Å²) in [5, 5.41) is 9.05. The van der Waals surface area contributed by atoms with Crippen LogP contribution >= 0.6 is 24.8 Å². The zero-order valence-corrected chi connectivity index (χ0v) is 11.3. The molecule has 1 aromatic rings. The topological polar surface area (TPSA) is 92.0 Å². The lowest BCUT2D eigenvalue weighted by molar-refractivity contribution is -0.139. The van der Waals surface area contributed by atoms with Gasteiger partial charge in [-0.1, -0.05) is 6.92 Å². The summed E-state index contributed by atoms with van der Waals surface area (Å²) in [5.74, 6) is -0.998. The molecule has 0 aromatic carbocycles. The molecule has 0 bridgehead atoms. The number of aliphatic carboxylic acids is 1. The highest BCUT2D eigenvalue weighted by Gasteiger charge is 2.21. The number of hydrogen-bond donors (Lipinski definition) is 3. The Hall–Kier alpha value is -0.780. The molecule has 0 spiro atoms. The molecule has 5 nitrogen and oxygen atoms in total. The number of halogens is 2. The third-order valence-corrected chi connectivity index (χ3v) is 2.52. The number of carboxylic acid groups (broad SMARTS) is 1. The molecule has 1 aromatic heterocycles. The van der Waals surface area contributed by atoms with Gasteiger partial charge < -0.3 is 15.8 Å². The Bertz CT molecular complexity index is 307. The van der Waals surface area contributed by atoms with Gasteiger partial charge in [0.15, 0.2) is 0 Å². The average Bonchev–Trinajstić information content (AvgIpc) is 2.70. The first-order chi connectivity index (χ1) is 7.15. The molecular formula is C10H19Cl2N3O2. The highest BCUT2D eigenvalue weighted by molar-refractivity contribution is 5.85. The molecule has 0 aliphatic rings. The van der Waals surface area contributed by atoms with Crippen molar-refractivity contribution in [3.8, 4) is 0 Å². The Morgan fingerprint density at radius 3 is 2.59 bits per heavy atom. The first-order valence-electron chi connectivity index (χ1n) is 5.06. The van der Waals surface area contributed by atoms with Gasteiger partial charge in [-0.2, -0.15) is 0 Å². The van der Waals surface area contributed by atoms with Crippen molar-refractivity contribution in [1.29, 1.82) is 0 Å². The van der Waals surface area contributed by atoms with Crippen molar-refractivity contribution in [2.75, 3.05) is 6.54 Å². The van der Waals surface area contributed by atoms with Crippen LogP contribution in [0.3, 0.4) is 0 Å². The van der Waals surface area contributed by atoms with E-state index in [1.54, 1.807) is 6.20 Å². The number of carbonyl (C=O) groups is 1. The smallest absolute Gasteiger partial charge is 0.312 e. The van der Waals surface area contributed by atoms with Crippen molar-refractivity contribution in [2.24, 2.45) is 11.7 Å². The normalized spacial score (nSPS) is 13.1. The lowest BCUT2D eigenvalue weighted by atomic mass is 9.95. The SMILES string of the molecule is CC(CN)CCC(C(=O)O)c1c[nH]cn1.Cl.Cl. The molecule has 4 N–H and O–H groups in total. The predicted octanol–water partition coefficient (Wildman–Crippen LogP) is 1.80. The van der Waals surface area contributed by atoms with Crippen LogP contribution in [0.1, 0.15) is 31.4 Å². The fraction of sp³-hybridized carbons (Fsp3) is 0.600. The molecule has 7 heteroatoms. The quantitative estimate of drug-likeness (QED) is 0.742. The molecule has 0 saturated carbocycles. The van der Waals surface area contributed by atoms with E-state index in [0.29, 0.717) is 24.6 Å². The second-order valence-corrected chi connectivity index (χ2v) is 3.80. The molecule has 0 saturated heterocycles. The zero-order chi connectivity index (χ0) is 11.3. The van der Waals surface area contributed by atoms with Crippen LogP contribution in [0.2, 0.25) is 0 Å². The molecule has 1 rings (SSSR count). The minimum absolute atomic E-state index is 0. The minimum atomic E-state index is -0.827. The number of aromatic amines is 1. The van der Waals surface area contributed by atoms with E-state index in [9.17, 15) is 4.79 Å². The molecule has 0 fully saturated rings. The van der Waals surface area contributed by atoms with Gasteiger partial charge in [0, 0.05) is 6.20 Å². The van der Waals surface area contributed by atoms with E-state index in [-0.39, 0.29) is 24.8 Å². The van der Waals surface area contributed by atoms with Crippen molar-refractivity contribution < 1.29 is 9.90 Å². The van der Waals surface area contributed by atoms with Gasteiger partial charge in [-0.15, -0.1) is 24.8 Å². The molecule has 2 unspecified atom stereocenters. The number of imidazole rings is 1. The molecule has 100 valence electrons. The summed E-state index contributed by atoms with van der Waals surface area (Å²) < 4.78 is 0. The molecule has 1 heterocycles. The van der Waals surface area contributed by atoms with E-state index in [1.165, 1.54) is 6.33 Å². The van der Waals surface area contributed by atoms with E-state index < -0.39 is 11.9 Å². The summed E-state index contributed by atoms with van der Waals surface area (Å²) in [6, 6.07) is 0. The van der Waals surface area contributed by atoms with Gasteiger partial charge in [0.05, 0.1) is 12.0 Å². The number of carboxylic acids is 1. The number of nitrogens with one attached hydrogen (secondary N) is 1. The van der Waals surface area contributed by atoms with E-state index >= 15 is 0 Å². The minimum Gasteiger partial charge on any atom is -0.481 e. The van der Waals surface area contributed by atoms with E-state index in [4.69, 9.17) is 10.8 Å². The summed E-state index contributed by atoms with van der Waals surface area (Å²) in [5.41, 5.74) is 6.07. The zero-order valence-electron chi connectivity index (χ0n) is 9.63. The number of H-pyrrole nitrogens is 1. The Morgan fingerprint density at radius 1 is 1.53 bits per heavy atom. The van der Waals surface area contributed by atoms with Crippen LogP contribution in [0, 0.1) is 5.92 Å². The maximum absolute atomic E-state index is 11.0. The highest BCUT2D eigenvalue weighted by Crippen LogP contribution is 2.21. The molecular weight excluding hydrogens is 265 g/mol. The Labute approximate surface area is 113 Å². The maximum Gasteiger partial charge on any atom is 0.312 e. The molecule has 17 heavy (non-hydrogen) atoms. The van der Waals surface area contributed by atoms with Crippen molar-refractivity contribution >= 4 is 30.8 Å². The van der Waals surface area contributed by atoms with E-state index in [1.807, 2.05) is 6.92 Å². The number of nitrogens with two attached hydrogens (primary N) is 1. The first kappa shape index (κ1) is 18.6. The van der Waals surface area contributed by atoms with Crippen LogP contribution in [0.5, 0.6) is 0 Å². The predicted molar refractivity (Wildman–Crippen MR) is 70.9 cm³/mol. The monoisotopic (exact) mass is 283 g/mol. The van der Waals surface area contributed by atoms with Gasteiger partial charge in [0.1, 0.15) is 5.92 Å².